The molecule has 0 saturated carbocycles. The lowest BCUT2D eigenvalue weighted by Crippen LogP contribution is -2.55. The number of quaternary nitrogens is 4. The number of benzene rings is 1. The largest absolute Gasteiger partial charge is 0.289 e. The van der Waals surface area contributed by atoms with Gasteiger partial charge in [0.25, 0.3) is 0 Å². The van der Waals surface area contributed by atoms with Gasteiger partial charge in [-0.2, -0.15) is 0 Å². The first-order chi connectivity index (χ1) is 24.5. The highest BCUT2D eigenvalue weighted by Gasteiger charge is 2.62. The van der Waals surface area contributed by atoms with Crippen LogP contribution >= 0.6 is 0 Å². The first-order valence-corrected chi connectivity index (χ1v) is 21.0. The molecule has 0 aliphatic carbocycles. The molecule has 50 heavy (non-hydrogen) atoms. The molecule has 270 valence electrons. The number of hydrogen-bond donors (Lipinski definition) is 0. The van der Waals surface area contributed by atoms with Crippen molar-refractivity contribution < 1.29 is 17.9 Å². The highest BCUT2D eigenvalue weighted by atomic mass is 15.7. The molecular formula is C38H62N12+4. The molecule has 12 fully saturated rings. The average molecular weight is 687 g/mol. The summed E-state index contributed by atoms with van der Waals surface area (Å²) in [6.07, 6.45) is 2.56. The quantitative estimate of drug-likeness (QED) is 0.311. The van der Waals surface area contributed by atoms with Gasteiger partial charge in [0.15, 0.2) is 0 Å². The molecule has 13 rings (SSSR count). The summed E-state index contributed by atoms with van der Waals surface area (Å²) in [5.41, 5.74) is 7.20. The van der Waals surface area contributed by atoms with Crippen molar-refractivity contribution in [2.45, 2.75) is 51.3 Å². The normalized spacial score (nSPS) is 46.9. The molecule has 0 spiro atoms. The minimum absolute atomic E-state index is 0.636. The third kappa shape index (κ3) is 3.83. The van der Waals surface area contributed by atoms with E-state index in [1.165, 1.54) is 201 Å². The van der Waals surface area contributed by atoms with E-state index < -0.39 is 0 Å². The molecule has 12 aliphatic heterocycles. The molecule has 0 amide bonds. The molecule has 0 aromatic heterocycles. The average Bonchev–Trinajstić information content (AvgIpc) is 3.96. The third-order valence-corrected chi connectivity index (χ3v) is 17.5. The van der Waals surface area contributed by atoms with Gasteiger partial charge in [0.2, 0.25) is 25.2 Å². The summed E-state index contributed by atoms with van der Waals surface area (Å²) in [6, 6.07) is 5.49. The second-order valence-electron chi connectivity index (χ2n) is 19.3. The lowest BCUT2D eigenvalue weighted by molar-refractivity contribution is -0.955. The Kier molecular flexibility index (Phi) is 6.19. The van der Waals surface area contributed by atoms with E-state index in [0.717, 1.165) is 0 Å². The van der Waals surface area contributed by atoms with Crippen LogP contribution in [0.3, 0.4) is 0 Å². The Morgan fingerprint density at radius 3 is 0.780 bits per heavy atom. The highest BCUT2D eigenvalue weighted by Crippen LogP contribution is 2.46. The molecule has 12 saturated heterocycles. The van der Waals surface area contributed by atoms with Crippen molar-refractivity contribution in [2.75, 3.05) is 157 Å². The maximum atomic E-state index is 2.88. The van der Waals surface area contributed by atoms with E-state index in [2.05, 4.69) is 51.3 Å². The molecule has 1 aromatic carbocycles. The Balaban J connectivity index is 0.966. The van der Waals surface area contributed by atoms with Gasteiger partial charge in [-0.25, -0.2) is 39.2 Å². The SMILES string of the molecule is c1cc(C[N+]23CCN4CCN(CC2)C43)c(C[N+]23CCN4CCN(CC2)C43)c(C[N+]23CCN4CCN(CC2)C43)c1C[N+]12CCN3CCN(CC1)C32. The van der Waals surface area contributed by atoms with E-state index >= 15 is 0 Å². The zero-order valence-corrected chi connectivity index (χ0v) is 30.6. The first-order valence-electron chi connectivity index (χ1n) is 21.0. The fourth-order valence-electron chi connectivity index (χ4n) is 15.2. The van der Waals surface area contributed by atoms with Gasteiger partial charge in [0.05, 0.1) is 105 Å². The van der Waals surface area contributed by atoms with Crippen LogP contribution in [0.25, 0.3) is 0 Å². The summed E-state index contributed by atoms with van der Waals surface area (Å²) in [5.74, 6) is 0. The second kappa shape index (κ2) is 10.3. The fraction of sp³-hybridized carbons (Fsp3) is 0.842. The summed E-state index contributed by atoms with van der Waals surface area (Å²) in [5, 5.41) is 0. The lowest BCUT2D eigenvalue weighted by atomic mass is 9.92. The van der Waals surface area contributed by atoms with Crippen LogP contribution in [-0.2, 0) is 26.2 Å². The lowest BCUT2D eigenvalue weighted by Gasteiger charge is -2.41. The zero-order valence-electron chi connectivity index (χ0n) is 30.6. The predicted octanol–water partition coefficient (Wildman–Crippen LogP) is -1.33. The monoisotopic (exact) mass is 687 g/mol. The van der Waals surface area contributed by atoms with Crippen molar-refractivity contribution in [3.05, 3.63) is 34.4 Å². The van der Waals surface area contributed by atoms with Crippen LogP contribution in [0.15, 0.2) is 12.1 Å². The molecule has 12 aliphatic rings. The van der Waals surface area contributed by atoms with Gasteiger partial charge in [-0.05, 0) is 0 Å². The van der Waals surface area contributed by atoms with Gasteiger partial charge in [-0.1, -0.05) is 12.1 Å². The van der Waals surface area contributed by atoms with Crippen LogP contribution in [0.5, 0.6) is 0 Å². The van der Waals surface area contributed by atoms with Crippen LogP contribution in [0.2, 0.25) is 0 Å². The third-order valence-electron chi connectivity index (χ3n) is 17.5. The Labute approximate surface area is 299 Å². The van der Waals surface area contributed by atoms with E-state index in [1.54, 1.807) is 11.1 Å². The van der Waals surface area contributed by atoms with Crippen molar-refractivity contribution in [1.29, 1.82) is 0 Å². The topological polar surface area (TPSA) is 25.9 Å². The van der Waals surface area contributed by atoms with Crippen LogP contribution in [-0.4, -0.2) is 239 Å². The van der Waals surface area contributed by atoms with Crippen molar-refractivity contribution in [3.63, 3.8) is 0 Å². The van der Waals surface area contributed by atoms with Crippen LogP contribution in [0.1, 0.15) is 22.3 Å². The van der Waals surface area contributed by atoms with Gasteiger partial charge >= 0.3 is 0 Å². The van der Waals surface area contributed by atoms with Crippen LogP contribution in [0, 0.1) is 0 Å². The molecule has 0 atom stereocenters. The van der Waals surface area contributed by atoms with Gasteiger partial charge in [0, 0.05) is 74.6 Å². The number of nitrogens with zero attached hydrogens (tertiary/aromatic N) is 12. The van der Waals surface area contributed by atoms with Crippen LogP contribution in [0.4, 0.5) is 0 Å². The molecule has 12 heterocycles. The fourth-order valence-corrected chi connectivity index (χ4v) is 15.2. The summed E-state index contributed by atoms with van der Waals surface area (Å²) < 4.78 is 5.25. The highest BCUT2D eigenvalue weighted by molar-refractivity contribution is 5.41. The van der Waals surface area contributed by atoms with Crippen molar-refractivity contribution >= 4 is 0 Å². The van der Waals surface area contributed by atoms with Gasteiger partial charge in [-0.3, -0.25) is 17.9 Å². The predicted molar refractivity (Wildman–Crippen MR) is 189 cm³/mol. The molecule has 12 nitrogen and oxygen atoms in total. The zero-order chi connectivity index (χ0) is 32.5. The minimum Gasteiger partial charge on any atom is -0.289 e. The maximum absolute atomic E-state index is 2.88. The Bertz CT molecular complexity index is 1420. The van der Waals surface area contributed by atoms with Crippen LogP contribution < -0.4 is 0 Å². The number of rotatable bonds is 8. The molecule has 0 unspecified atom stereocenters. The Morgan fingerprint density at radius 1 is 0.320 bits per heavy atom. The summed E-state index contributed by atoms with van der Waals surface area (Å²) >= 11 is 0. The van der Waals surface area contributed by atoms with E-state index in [1.807, 2.05) is 11.1 Å². The summed E-state index contributed by atoms with van der Waals surface area (Å²) in [7, 11) is 0. The van der Waals surface area contributed by atoms with E-state index in [4.69, 9.17) is 0 Å². The molecule has 12 heteroatoms. The second-order valence-corrected chi connectivity index (χ2v) is 19.3. The Morgan fingerprint density at radius 2 is 0.540 bits per heavy atom. The van der Waals surface area contributed by atoms with E-state index in [0.29, 0.717) is 25.2 Å². The molecule has 0 bridgehead atoms. The van der Waals surface area contributed by atoms with Gasteiger partial charge in [0.1, 0.15) is 26.2 Å². The van der Waals surface area contributed by atoms with Crippen molar-refractivity contribution in [1.82, 2.24) is 39.2 Å². The smallest absolute Gasteiger partial charge is 0.206 e. The van der Waals surface area contributed by atoms with Crippen molar-refractivity contribution in [2.24, 2.45) is 0 Å². The van der Waals surface area contributed by atoms with E-state index in [9.17, 15) is 0 Å². The molecule has 0 radical (unpaired) electrons. The van der Waals surface area contributed by atoms with E-state index in [-0.39, 0.29) is 0 Å². The maximum Gasteiger partial charge on any atom is 0.206 e. The first kappa shape index (κ1) is 30.1. The molecular weight excluding hydrogens is 625 g/mol. The van der Waals surface area contributed by atoms with Crippen molar-refractivity contribution in [3.8, 4) is 0 Å². The molecule has 1 aromatic rings. The number of hydrogen-bond acceptors (Lipinski definition) is 8. The Hall–Kier alpha value is -1.26. The standard InChI is InChI=1S/C38H62N12/c1-2-32(28-48-21-13-41-5-6-42(14-22-48)36(41)48)34(30-50-25-17-45-9-10-46(18-26-50)38(45)50)33(29-49-23-15-43-7-8-44(16-24-49)37(43)49)31(1)27-47-19-11-39-3-4-40(12-20-47)35(39)47/h1-2,35-38H,3-30H2/q+4. The summed E-state index contributed by atoms with van der Waals surface area (Å²) in [4.78, 5) is 22.9. The van der Waals surface area contributed by atoms with Gasteiger partial charge < -0.3 is 0 Å². The molecule has 0 N–H and O–H groups in total. The summed E-state index contributed by atoms with van der Waals surface area (Å²) in [6.45, 7) is 36.6. The minimum atomic E-state index is 0.636. The van der Waals surface area contributed by atoms with Gasteiger partial charge in [-0.15, -0.1) is 0 Å².